The van der Waals surface area contributed by atoms with Crippen LogP contribution < -0.4 is 0 Å². The highest BCUT2D eigenvalue weighted by Crippen LogP contribution is 2.41. The van der Waals surface area contributed by atoms with E-state index in [4.69, 9.17) is 5.11 Å². The van der Waals surface area contributed by atoms with Gasteiger partial charge in [-0.2, -0.15) is 0 Å². The van der Waals surface area contributed by atoms with Gasteiger partial charge in [-0.3, -0.25) is 9.59 Å². The Kier molecular flexibility index (Phi) is 2.72. The molecule has 1 amide bonds. The molecule has 1 aliphatic rings. The Labute approximate surface area is 91.4 Å². The van der Waals surface area contributed by atoms with Crippen LogP contribution in [0.1, 0.15) is 20.8 Å². The third-order valence-corrected chi connectivity index (χ3v) is 9.16. The number of β-lactam (4-membered cyclic amide) rings is 1. The van der Waals surface area contributed by atoms with Crippen LogP contribution in [0.5, 0.6) is 0 Å². The summed E-state index contributed by atoms with van der Waals surface area (Å²) in [6.07, 6.45) is 0. The van der Waals surface area contributed by atoms with Gasteiger partial charge in [-0.1, -0.05) is 33.9 Å². The van der Waals surface area contributed by atoms with E-state index < -0.39 is 20.1 Å². The summed E-state index contributed by atoms with van der Waals surface area (Å²) in [5.74, 6) is -1.98. The van der Waals surface area contributed by atoms with Gasteiger partial charge in [0.05, 0.1) is 0 Å². The number of carboxylic acid groups (broad SMARTS) is 1. The fraction of sp³-hybridized carbons (Fsp3) is 0.800. The molecule has 0 radical (unpaired) electrons. The molecule has 1 aliphatic heterocycles. The summed E-state index contributed by atoms with van der Waals surface area (Å²) < 4.78 is 1.80. The van der Waals surface area contributed by atoms with Gasteiger partial charge >= 0.3 is 5.97 Å². The van der Waals surface area contributed by atoms with Gasteiger partial charge in [0.1, 0.15) is 0 Å². The number of carbonyl (C=O) groups excluding carboxylic acids is 1. The van der Waals surface area contributed by atoms with Crippen LogP contribution in [-0.2, 0) is 9.59 Å². The van der Waals surface area contributed by atoms with E-state index in [0.29, 0.717) is 6.54 Å². The van der Waals surface area contributed by atoms with E-state index in [2.05, 4.69) is 33.9 Å². The van der Waals surface area contributed by atoms with Crippen LogP contribution in [0.2, 0.25) is 18.1 Å². The van der Waals surface area contributed by atoms with E-state index in [9.17, 15) is 9.59 Å². The summed E-state index contributed by atoms with van der Waals surface area (Å²) in [6, 6.07) is 0. The van der Waals surface area contributed by atoms with Gasteiger partial charge in [0.2, 0.25) is 5.91 Å². The van der Waals surface area contributed by atoms with Gasteiger partial charge in [0.15, 0.2) is 14.2 Å². The van der Waals surface area contributed by atoms with E-state index >= 15 is 0 Å². The molecule has 0 aliphatic carbocycles. The lowest BCUT2D eigenvalue weighted by Gasteiger charge is -2.52. The van der Waals surface area contributed by atoms with E-state index in [1.54, 1.807) is 4.57 Å². The summed E-state index contributed by atoms with van der Waals surface area (Å²) in [6.45, 7) is 11.0. The van der Waals surface area contributed by atoms with Crippen LogP contribution in [0, 0.1) is 5.92 Å². The maximum Gasteiger partial charge on any atom is 0.317 e. The first-order valence-electron chi connectivity index (χ1n) is 5.13. The third-order valence-electron chi connectivity index (χ3n) is 3.74. The monoisotopic (exact) mass is 229 g/mol. The number of carbonyl (C=O) groups is 2. The number of aliphatic carboxylic acids is 1. The summed E-state index contributed by atoms with van der Waals surface area (Å²) in [5.41, 5.74) is 0. The van der Waals surface area contributed by atoms with Crippen molar-refractivity contribution >= 4 is 20.1 Å². The second kappa shape index (κ2) is 3.33. The molecular formula is C10H19NO3Si. The minimum Gasteiger partial charge on any atom is -0.481 e. The zero-order chi connectivity index (χ0) is 12.0. The minimum atomic E-state index is -1.85. The van der Waals surface area contributed by atoms with E-state index in [1.807, 2.05) is 0 Å². The number of rotatable bonds is 2. The normalized spacial score (nSPS) is 22.6. The second-order valence-electron chi connectivity index (χ2n) is 5.65. The van der Waals surface area contributed by atoms with Crippen molar-refractivity contribution in [3.8, 4) is 0 Å². The van der Waals surface area contributed by atoms with E-state index in [-0.39, 0.29) is 10.9 Å². The molecule has 1 fully saturated rings. The van der Waals surface area contributed by atoms with Gasteiger partial charge in [-0.15, -0.1) is 0 Å². The lowest BCUT2D eigenvalue weighted by molar-refractivity contribution is -0.157. The number of hydrogen-bond donors (Lipinski definition) is 1. The molecule has 0 aromatic carbocycles. The molecule has 86 valence electrons. The average Bonchev–Trinajstić information content (AvgIpc) is 1.98. The van der Waals surface area contributed by atoms with Gasteiger partial charge in [0.25, 0.3) is 0 Å². The maximum absolute atomic E-state index is 11.7. The molecule has 0 saturated carbocycles. The Morgan fingerprint density at radius 1 is 1.47 bits per heavy atom. The lowest BCUT2D eigenvalue weighted by Crippen LogP contribution is -2.68. The minimum absolute atomic E-state index is 0.0755. The van der Waals surface area contributed by atoms with Crippen LogP contribution in [0.15, 0.2) is 0 Å². The van der Waals surface area contributed by atoms with Crippen molar-refractivity contribution in [2.45, 2.75) is 38.9 Å². The predicted octanol–water partition coefficient (Wildman–Crippen LogP) is 1.53. The zero-order valence-corrected chi connectivity index (χ0v) is 11.0. The van der Waals surface area contributed by atoms with E-state index in [0.717, 1.165) is 0 Å². The number of hydrogen-bond acceptors (Lipinski definition) is 2. The molecule has 0 aromatic heterocycles. The highest BCUT2D eigenvalue weighted by atomic mass is 28.3. The van der Waals surface area contributed by atoms with Gasteiger partial charge in [0, 0.05) is 6.54 Å². The van der Waals surface area contributed by atoms with Crippen molar-refractivity contribution < 1.29 is 14.7 Å². The summed E-state index contributed by atoms with van der Waals surface area (Å²) in [4.78, 5) is 22.4. The van der Waals surface area contributed by atoms with Crippen molar-refractivity contribution in [2.24, 2.45) is 5.92 Å². The fourth-order valence-corrected chi connectivity index (χ4v) is 3.67. The van der Waals surface area contributed by atoms with Gasteiger partial charge < -0.3 is 9.67 Å². The van der Waals surface area contributed by atoms with Crippen LogP contribution in [-0.4, -0.2) is 36.3 Å². The Bertz CT molecular complexity index is 306. The van der Waals surface area contributed by atoms with E-state index in [1.165, 1.54) is 0 Å². The van der Waals surface area contributed by atoms with Crippen LogP contribution >= 0.6 is 0 Å². The highest BCUT2D eigenvalue weighted by molar-refractivity contribution is 6.80. The lowest BCUT2D eigenvalue weighted by atomic mass is 10.0. The SMILES string of the molecule is CC(C)(C)[Si](C)(C)N1CC(C(=O)O)C1=O. The first-order valence-corrected chi connectivity index (χ1v) is 8.08. The molecule has 15 heavy (non-hydrogen) atoms. The Hall–Kier alpha value is -0.843. The van der Waals surface area contributed by atoms with Crippen molar-refractivity contribution in [3.05, 3.63) is 0 Å². The average molecular weight is 229 g/mol. The number of amides is 1. The molecule has 1 N–H and O–H groups in total. The quantitative estimate of drug-likeness (QED) is 0.444. The molecule has 1 heterocycles. The molecule has 0 aromatic rings. The van der Waals surface area contributed by atoms with Crippen molar-refractivity contribution in [1.29, 1.82) is 0 Å². The Morgan fingerprint density at radius 2 is 1.93 bits per heavy atom. The molecule has 1 saturated heterocycles. The molecule has 4 nitrogen and oxygen atoms in total. The number of carboxylic acids is 1. The molecule has 1 rings (SSSR count). The summed E-state index contributed by atoms with van der Waals surface area (Å²) in [5, 5.41) is 8.83. The maximum atomic E-state index is 11.7. The first kappa shape index (κ1) is 12.2. The van der Waals surface area contributed by atoms with Crippen molar-refractivity contribution in [3.63, 3.8) is 0 Å². The topological polar surface area (TPSA) is 57.6 Å². The van der Waals surface area contributed by atoms with Gasteiger partial charge in [-0.25, -0.2) is 0 Å². The van der Waals surface area contributed by atoms with Crippen LogP contribution in [0.3, 0.4) is 0 Å². The Balaban J connectivity index is 2.79. The van der Waals surface area contributed by atoms with Crippen LogP contribution in [0.25, 0.3) is 0 Å². The predicted molar refractivity (Wildman–Crippen MR) is 60.0 cm³/mol. The molecule has 0 spiro atoms. The summed E-state index contributed by atoms with van der Waals surface area (Å²) >= 11 is 0. The fourth-order valence-electron chi connectivity index (χ4n) is 1.52. The molecule has 1 atom stereocenters. The van der Waals surface area contributed by atoms with Crippen LogP contribution in [0.4, 0.5) is 0 Å². The van der Waals surface area contributed by atoms with Gasteiger partial charge in [-0.05, 0) is 5.04 Å². The summed E-state index contributed by atoms with van der Waals surface area (Å²) in [7, 11) is -1.85. The standard InChI is InChI=1S/C10H19NO3Si/c1-10(2,3)15(4,5)11-6-7(8(11)12)9(13)14/h7H,6H2,1-5H3,(H,13,14). The third kappa shape index (κ3) is 1.80. The largest absolute Gasteiger partial charge is 0.481 e. The molecule has 5 heteroatoms. The smallest absolute Gasteiger partial charge is 0.317 e. The number of nitrogens with zero attached hydrogens (tertiary/aromatic N) is 1. The van der Waals surface area contributed by atoms with Crippen molar-refractivity contribution in [2.75, 3.05) is 6.54 Å². The highest BCUT2D eigenvalue weighted by Gasteiger charge is 2.53. The molecule has 0 bridgehead atoms. The van der Waals surface area contributed by atoms with Crippen molar-refractivity contribution in [1.82, 2.24) is 4.57 Å². The zero-order valence-electron chi connectivity index (χ0n) is 10.00. The first-order chi connectivity index (χ1) is 6.59. The molecule has 1 unspecified atom stereocenters. The molecular weight excluding hydrogens is 210 g/mol. The second-order valence-corrected chi connectivity index (χ2v) is 10.8. The Morgan fingerprint density at radius 3 is 2.20 bits per heavy atom.